The topological polar surface area (TPSA) is 26.3 Å². The fourth-order valence-electron chi connectivity index (χ4n) is 1.50. The van der Waals surface area contributed by atoms with Crippen LogP contribution in [0.4, 0.5) is 13.2 Å². The first kappa shape index (κ1) is 13.1. The second-order valence-corrected chi connectivity index (χ2v) is 3.84. The van der Waals surface area contributed by atoms with Crippen molar-refractivity contribution in [1.29, 1.82) is 0 Å². The monoisotopic (exact) mass is 266 g/mol. The summed E-state index contributed by atoms with van der Waals surface area (Å²) >= 11 is 0. The van der Waals surface area contributed by atoms with Crippen molar-refractivity contribution in [2.75, 3.05) is 0 Å². The van der Waals surface area contributed by atoms with E-state index in [4.69, 9.17) is 4.74 Å². The van der Waals surface area contributed by atoms with Crippen LogP contribution in [0.2, 0.25) is 0 Å². The highest BCUT2D eigenvalue weighted by atomic mass is 19.2. The lowest BCUT2D eigenvalue weighted by atomic mass is 10.2. The van der Waals surface area contributed by atoms with Crippen LogP contribution in [0.5, 0.6) is 5.75 Å². The van der Waals surface area contributed by atoms with Crippen molar-refractivity contribution in [2.45, 2.75) is 6.61 Å². The molecule has 0 aliphatic carbocycles. The normalized spacial score (nSPS) is 10.3. The van der Waals surface area contributed by atoms with Crippen LogP contribution < -0.4 is 4.74 Å². The van der Waals surface area contributed by atoms with Crippen LogP contribution in [0.15, 0.2) is 36.4 Å². The van der Waals surface area contributed by atoms with E-state index < -0.39 is 17.5 Å². The highest BCUT2D eigenvalue weighted by Gasteiger charge is 2.07. The van der Waals surface area contributed by atoms with Crippen molar-refractivity contribution in [3.8, 4) is 5.75 Å². The van der Waals surface area contributed by atoms with Crippen molar-refractivity contribution in [3.05, 3.63) is 65.0 Å². The Morgan fingerprint density at radius 3 is 2.37 bits per heavy atom. The Hall–Kier alpha value is -2.30. The van der Waals surface area contributed by atoms with Crippen molar-refractivity contribution < 1.29 is 22.7 Å². The molecular formula is C14H9F3O2. The van der Waals surface area contributed by atoms with Crippen LogP contribution in [0.25, 0.3) is 0 Å². The van der Waals surface area contributed by atoms with Gasteiger partial charge in [-0.25, -0.2) is 13.2 Å². The van der Waals surface area contributed by atoms with E-state index in [-0.39, 0.29) is 17.9 Å². The Kier molecular flexibility index (Phi) is 3.85. The fourth-order valence-corrected chi connectivity index (χ4v) is 1.50. The molecule has 0 fully saturated rings. The van der Waals surface area contributed by atoms with Crippen LogP contribution in [0, 0.1) is 17.5 Å². The molecule has 0 heterocycles. The van der Waals surface area contributed by atoms with Gasteiger partial charge >= 0.3 is 0 Å². The second kappa shape index (κ2) is 5.56. The predicted octanol–water partition coefficient (Wildman–Crippen LogP) is 3.50. The molecule has 0 radical (unpaired) electrons. The molecule has 0 amide bonds. The minimum absolute atomic E-state index is 0.0599. The summed E-state index contributed by atoms with van der Waals surface area (Å²) in [4.78, 5) is 10.4. The largest absolute Gasteiger partial charge is 0.486 e. The van der Waals surface area contributed by atoms with Gasteiger partial charge in [0.15, 0.2) is 23.2 Å². The first-order chi connectivity index (χ1) is 9.10. The van der Waals surface area contributed by atoms with E-state index in [2.05, 4.69) is 0 Å². The molecule has 0 bridgehead atoms. The number of benzene rings is 2. The number of carbonyl (C=O) groups excluding carboxylic acids is 1. The summed E-state index contributed by atoms with van der Waals surface area (Å²) in [6.45, 7) is -0.103. The number of hydrogen-bond acceptors (Lipinski definition) is 2. The number of hydrogen-bond donors (Lipinski definition) is 0. The van der Waals surface area contributed by atoms with Crippen LogP contribution in [0.1, 0.15) is 15.9 Å². The van der Waals surface area contributed by atoms with Gasteiger partial charge in [0.25, 0.3) is 0 Å². The summed E-state index contributed by atoms with van der Waals surface area (Å²) in [6.07, 6.45) is 0.516. The van der Waals surface area contributed by atoms with E-state index in [1.807, 2.05) is 0 Å². The Bertz CT molecular complexity index is 612. The SMILES string of the molecule is O=Cc1ccc(OCc2ccc(F)c(F)c2)c(F)c1. The summed E-state index contributed by atoms with van der Waals surface area (Å²) in [5.41, 5.74) is 0.565. The van der Waals surface area contributed by atoms with E-state index in [0.29, 0.717) is 11.8 Å². The van der Waals surface area contributed by atoms with Crippen molar-refractivity contribution in [2.24, 2.45) is 0 Å². The molecule has 98 valence electrons. The summed E-state index contributed by atoms with van der Waals surface area (Å²) < 4.78 is 44.2. The van der Waals surface area contributed by atoms with Gasteiger partial charge in [-0.3, -0.25) is 4.79 Å². The Morgan fingerprint density at radius 2 is 1.74 bits per heavy atom. The maximum atomic E-state index is 13.5. The third kappa shape index (κ3) is 3.13. The number of ether oxygens (including phenoxy) is 1. The van der Waals surface area contributed by atoms with Gasteiger partial charge in [0.2, 0.25) is 0 Å². The second-order valence-electron chi connectivity index (χ2n) is 3.84. The number of carbonyl (C=O) groups is 1. The lowest BCUT2D eigenvalue weighted by Crippen LogP contribution is -1.99. The average Bonchev–Trinajstić information content (AvgIpc) is 2.41. The molecule has 2 nitrogen and oxygen atoms in total. The van der Waals surface area contributed by atoms with Gasteiger partial charge < -0.3 is 4.74 Å². The van der Waals surface area contributed by atoms with Crippen LogP contribution in [-0.4, -0.2) is 6.29 Å². The average molecular weight is 266 g/mol. The number of rotatable bonds is 4. The zero-order valence-corrected chi connectivity index (χ0v) is 9.70. The number of halogens is 3. The van der Waals surface area contributed by atoms with E-state index >= 15 is 0 Å². The van der Waals surface area contributed by atoms with Crippen molar-refractivity contribution in [1.82, 2.24) is 0 Å². The van der Waals surface area contributed by atoms with E-state index in [1.165, 1.54) is 18.2 Å². The fraction of sp³-hybridized carbons (Fsp3) is 0.0714. The minimum atomic E-state index is -0.988. The van der Waals surface area contributed by atoms with E-state index in [9.17, 15) is 18.0 Å². The zero-order valence-electron chi connectivity index (χ0n) is 9.70. The molecule has 0 saturated carbocycles. The van der Waals surface area contributed by atoms with Crippen molar-refractivity contribution >= 4 is 6.29 Å². The molecular weight excluding hydrogens is 257 g/mol. The van der Waals surface area contributed by atoms with Crippen LogP contribution in [-0.2, 0) is 6.61 Å². The Balaban J connectivity index is 2.09. The molecule has 2 aromatic carbocycles. The Labute approximate surface area is 107 Å². The summed E-state index contributed by atoms with van der Waals surface area (Å²) in [5, 5.41) is 0. The van der Waals surface area contributed by atoms with Gasteiger partial charge in [-0.05, 0) is 35.9 Å². The van der Waals surface area contributed by atoms with Gasteiger partial charge in [-0.15, -0.1) is 0 Å². The van der Waals surface area contributed by atoms with Gasteiger partial charge in [-0.1, -0.05) is 6.07 Å². The van der Waals surface area contributed by atoms with Gasteiger partial charge in [0.05, 0.1) is 0 Å². The molecule has 19 heavy (non-hydrogen) atoms. The Morgan fingerprint density at radius 1 is 0.947 bits per heavy atom. The smallest absolute Gasteiger partial charge is 0.165 e. The molecule has 0 aromatic heterocycles. The lowest BCUT2D eigenvalue weighted by molar-refractivity contribution is 0.112. The predicted molar refractivity (Wildman–Crippen MR) is 62.5 cm³/mol. The highest BCUT2D eigenvalue weighted by Crippen LogP contribution is 2.19. The summed E-state index contributed by atoms with van der Waals surface area (Å²) in [6, 6.07) is 7.03. The van der Waals surface area contributed by atoms with Gasteiger partial charge in [0, 0.05) is 5.56 Å². The molecule has 0 aliphatic rings. The quantitative estimate of drug-likeness (QED) is 0.792. The highest BCUT2D eigenvalue weighted by molar-refractivity contribution is 5.74. The molecule has 0 unspecified atom stereocenters. The third-order valence-corrected chi connectivity index (χ3v) is 2.47. The minimum Gasteiger partial charge on any atom is -0.486 e. The maximum Gasteiger partial charge on any atom is 0.165 e. The first-order valence-corrected chi connectivity index (χ1v) is 5.41. The van der Waals surface area contributed by atoms with Crippen LogP contribution in [0.3, 0.4) is 0 Å². The van der Waals surface area contributed by atoms with Crippen molar-refractivity contribution in [3.63, 3.8) is 0 Å². The summed E-state index contributed by atoms with van der Waals surface area (Å²) in [7, 11) is 0. The van der Waals surface area contributed by atoms with E-state index in [1.54, 1.807) is 0 Å². The zero-order chi connectivity index (χ0) is 13.8. The maximum absolute atomic E-state index is 13.5. The molecule has 0 N–H and O–H groups in total. The first-order valence-electron chi connectivity index (χ1n) is 5.41. The van der Waals surface area contributed by atoms with Gasteiger partial charge in [-0.2, -0.15) is 0 Å². The standard InChI is InChI=1S/C14H9F3O2/c15-11-3-1-10(6-12(11)16)8-19-14-4-2-9(7-18)5-13(14)17/h1-7H,8H2. The molecule has 5 heteroatoms. The van der Waals surface area contributed by atoms with Crippen LogP contribution >= 0.6 is 0 Å². The molecule has 2 rings (SSSR count). The third-order valence-electron chi connectivity index (χ3n) is 2.47. The molecule has 0 atom stereocenters. The van der Waals surface area contributed by atoms with Gasteiger partial charge in [0.1, 0.15) is 12.9 Å². The molecule has 0 spiro atoms. The molecule has 0 saturated heterocycles. The number of aldehydes is 1. The lowest BCUT2D eigenvalue weighted by Gasteiger charge is -2.07. The molecule has 2 aromatic rings. The molecule has 0 aliphatic heterocycles. The summed E-state index contributed by atoms with van der Waals surface area (Å²) in [5.74, 6) is -2.69. The van der Waals surface area contributed by atoms with E-state index in [0.717, 1.165) is 18.2 Å².